The maximum absolute atomic E-state index is 17.9. The number of carbonyl (C=O) groups excluding carboxylic acids is 1. The number of benzene rings is 2. The van der Waals surface area contributed by atoms with E-state index < -0.39 is 52.5 Å². The summed E-state index contributed by atoms with van der Waals surface area (Å²) in [5.74, 6) is -1.98. The number of carboxylic acid groups (broad SMARTS) is 1. The van der Waals surface area contributed by atoms with Crippen LogP contribution >= 0.6 is 0 Å². The van der Waals surface area contributed by atoms with E-state index >= 15 is 4.39 Å². The largest absolute Gasteiger partial charge is 0.497 e. The lowest BCUT2D eigenvalue weighted by atomic mass is 9.75. The van der Waals surface area contributed by atoms with Gasteiger partial charge in [-0.1, -0.05) is 32.0 Å². The van der Waals surface area contributed by atoms with E-state index in [2.05, 4.69) is 11.8 Å². The van der Waals surface area contributed by atoms with E-state index in [4.69, 9.17) is 9.47 Å². The number of aliphatic carboxylic acids is 1. The highest BCUT2D eigenvalue weighted by Crippen LogP contribution is 2.50. The Morgan fingerprint density at radius 3 is 2.18 bits per heavy atom. The van der Waals surface area contributed by atoms with Gasteiger partial charge in [0.25, 0.3) is 5.91 Å². The first-order valence-electron chi connectivity index (χ1n) is 18.2. The number of likely N-dealkylation sites (tertiary alicyclic amines) is 2. The van der Waals surface area contributed by atoms with Gasteiger partial charge in [0.15, 0.2) is 0 Å². The van der Waals surface area contributed by atoms with E-state index in [0.717, 1.165) is 43.4 Å². The Morgan fingerprint density at radius 1 is 0.922 bits per heavy atom. The van der Waals surface area contributed by atoms with Crippen LogP contribution in [0.3, 0.4) is 0 Å². The van der Waals surface area contributed by atoms with Crippen molar-refractivity contribution >= 4 is 17.6 Å². The highest BCUT2D eigenvalue weighted by atomic mass is 19.4. The number of alkyl halides is 4. The molecular formula is C39H51F4N3O5. The number of carboxylic acids is 1. The second-order valence-electron chi connectivity index (χ2n) is 15.7. The summed E-state index contributed by atoms with van der Waals surface area (Å²) < 4.78 is 71.1. The molecule has 4 aliphatic rings. The monoisotopic (exact) mass is 717 g/mol. The fourth-order valence-electron chi connectivity index (χ4n) is 9.23. The van der Waals surface area contributed by atoms with E-state index in [1.54, 1.807) is 31.3 Å². The number of ether oxygens (including phenoxy) is 2. The summed E-state index contributed by atoms with van der Waals surface area (Å²) >= 11 is 0. The van der Waals surface area contributed by atoms with E-state index in [0.29, 0.717) is 42.3 Å². The van der Waals surface area contributed by atoms with Crippen LogP contribution in [-0.2, 0) is 20.5 Å². The SMILES string of the molecule is COC[C@@]1(C)CN(C(=O)[C@]2(F)CN([C@H]3CC[C@H](C)CC3)C[C@H]2c2ccc(OC)cc2)C[C@@H]1c1ccc(C(F)(F)F)cc1N1CCC(C(=O)O)CC1. The highest BCUT2D eigenvalue weighted by Gasteiger charge is 2.59. The van der Waals surface area contributed by atoms with Crippen molar-refractivity contribution in [3.05, 3.63) is 59.2 Å². The van der Waals surface area contributed by atoms with Gasteiger partial charge in [-0.15, -0.1) is 0 Å². The average Bonchev–Trinajstić information content (AvgIpc) is 3.65. The molecule has 8 nitrogen and oxygen atoms in total. The first-order chi connectivity index (χ1) is 24.2. The van der Waals surface area contributed by atoms with Gasteiger partial charge in [-0.2, -0.15) is 13.2 Å². The molecule has 0 aromatic heterocycles. The molecule has 4 atom stereocenters. The Kier molecular flexibility index (Phi) is 10.7. The molecule has 1 saturated carbocycles. The lowest BCUT2D eigenvalue weighted by molar-refractivity contribution is -0.144. The summed E-state index contributed by atoms with van der Waals surface area (Å²) in [7, 11) is 3.12. The van der Waals surface area contributed by atoms with Gasteiger partial charge in [0, 0.05) is 75.4 Å². The van der Waals surface area contributed by atoms with Gasteiger partial charge >= 0.3 is 12.1 Å². The van der Waals surface area contributed by atoms with Crippen molar-refractivity contribution in [2.75, 3.05) is 65.0 Å². The molecule has 51 heavy (non-hydrogen) atoms. The number of piperidine rings is 1. The molecule has 3 saturated heterocycles. The molecule has 280 valence electrons. The molecule has 1 aliphatic carbocycles. The van der Waals surface area contributed by atoms with Gasteiger partial charge in [-0.3, -0.25) is 14.5 Å². The Hall–Kier alpha value is -3.38. The lowest BCUT2D eigenvalue weighted by Crippen LogP contribution is -2.51. The van der Waals surface area contributed by atoms with Crippen molar-refractivity contribution in [3.63, 3.8) is 0 Å². The van der Waals surface area contributed by atoms with Crippen LogP contribution in [0.2, 0.25) is 0 Å². The summed E-state index contributed by atoms with van der Waals surface area (Å²) in [6.45, 7) is 5.65. The average molecular weight is 718 g/mol. The molecular weight excluding hydrogens is 666 g/mol. The molecule has 0 radical (unpaired) electrons. The van der Waals surface area contributed by atoms with Crippen LogP contribution in [0, 0.1) is 17.3 Å². The van der Waals surface area contributed by atoms with Crippen LogP contribution in [0.15, 0.2) is 42.5 Å². The molecule has 4 fully saturated rings. The number of carbonyl (C=O) groups is 2. The van der Waals surface area contributed by atoms with E-state index in [-0.39, 0.29) is 45.4 Å². The maximum atomic E-state index is 17.9. The van der Waals surface area contributed by atoms with Crippen molar-refractivity contribution in [1.82, 2.24) is 9.80 Å². The van der Waals surface area contributed by atoms with Crippen molar-refractivity contribution in [2.45, 2.75) is 82.1 Å². The fourth-order valence-corrected chi connectivity index (χ4v) is 9.23. The Balaban J connectivity index is 1.34. The zero-order valence-electron chi connectivity index (χ0n) is 30.1. The molecule has 3 heterocycles. The number of methoxy groups -OCH3 is 2. The first kappa shape index (κ1) is 37.4. The standard InChI is InChI=1S/C39H51F4N3O5/c1-25-5-10-29(11-6-25)45-20-32(26-7-12-30(51-4)13-8-26)38(40,23-45)36(49)46-21-33(37(2,22-46)24-50-3)31-14-9-28(39(41,42)43)19-34(31)44-17-15-27(16-18-44)35(47)48/h7-9,12-14,19,25,27,29,32-33H,5-6,10-11,15-18,20-24H2,1-4H3,(H,47,48)/t25-,29-,32-,33+,37+,38-/m0/s1. The number of amides is 1. The van der Waals surface area contributed by atoms with Gasteiger partial charge in [-0.05, 0) is 79.8 Å². The highest BCUT2D eigenvalue weighted by molar-refractivity contribution is 5.88. The van der Waals surface area contributed by atoms with Crippen molar-refractivity contribution < 1.29 is 41.7 Å². The molecule has 12 heteroatoms. The van der Waals surface area contributed by atoms with E-state index in [9.17, 15) is 27.9 Å². The molecule has 0 spiro atoms. The quantitative estimate of drug-likeness (QED) is 0.281. The van der Waals surface area contributed by atoms with Gasteiger partial charge in [0.1, 0.15) is 5.75 Å². The van der Waals surface area contributed by atoms with E-state index in [1.807, 2.05) is 24.0 Å². The fraction of sp³-hybridized carbons (Fsp3) is 0.641. The summed E-state index contributed by atoms with van der Waals surface area (Å²) in [5.41, 5.74) is -2.03. The Morgan fingerprint density at radius 2 is 1.59 bits per heavy atom. The third-order valence-electron chi connectivity index (χ3n) is 12.3. The smallest absolute Gasteiger partial charge is 0.416 e. The Bertz CT molecular complexity index is 1560. The molecule has 6 rings (SSSR count). The molecule has 1 amide bonds. The van der Waals surface area contributed by atoms with Crippen LogP contribution in [0.25, 0.3) is 0 Å². The molecule has 2 aromatic rings. The molecule has 3 aliphatic heterocycles. The third-order valence-corrected chi connectivity index (χ3v) is 12.3. The van der Waals surface area contributed by atoms with Gasteiger partial charge in [-0.25, -0.2) is 4.39 Å². The summed E-state index contributed by atoms with van der Waals surface area (Å²) in [6.07, 6.45) is 0.0779. The minimum Gasteiger partial charge on any atom is -0.497 e. The lowest BCUT2D eigenvalue weighted by Gasteiger charge is -2.37. The molecule has 2 aromatic carbocycles. The number of halogens is 4. The van der Waals surface area contributed by atoms with Crippen molar-refractivity contribution in [2.24, 2.45) is 17.3 Å². The minimum absolute atomic E-state index is 0.0201. The van der Waals surface area contributed by atoms with E-state index in [1.165, 1.54) is 6.07 Å². The summed E-state index contributed by atoms with van der Waals surface area (Å²) in [4.78, 5) is 32.0. The van der Waals surface area contributed by atoms with Crippen LogP contribution in [0.4, 0.5) is 23.2 Å². The second-order valence-corrected chi connectivity index (χ2v) is 15.7. The molecule has 0 bridgehead atoms. The molecule has 0 unspecified atom stereocenters. The summed E-state index contributed by atoms with van der Waals surface area (Å²) in [6, 6.07) is 11.1. The second kappa shape index (κ2) is 14.6. The number of hydrogen-bond donors (Lipinski definition) is 1. The number of rotatable bonds is 9. The van der Waals surface area contributed by atoms with Crippen molar-refractivity contribution in [3.8, 4) is 5.75 Å². The first-order valence-corrected chi connectivity index (χ1v) is 18.2. The van der Waals surface area contributed by atoms with Crippen LogP contribution in [-0.4, -0.2) is 98.6 Å². The maximum Gasteiger partial charge on any atom is 0.416 e. The predicted octanol–water partition coefficient (Wildman–Crippen LogP) is 6.98. The van der Waals surface area contributed by atoms with Crippen LogP contribution in [0.1, 0.15) is 80.9 Å². The number of nitrogens with zero attached hydrogens (tertiary/aromatic N) is 3. The van der Waals surface area contributed by atoms with Crippen LogP contribution < -0.4 is 9.64 Å². The van der Waals surface area contributed by atoms with Crippen molar-refractivity contribution in [1.29, 1.82) is 0 Å². The minimum atomic E-state index is -4.58. The zero-order chi connectivity index (χ0) is 36.7. The Labute approximate surface area is 298 Å². The van der Waals surface area contributed by atoms with Gasteiger partial charge in [0.05, 0.1) is 25.2 Å². The molecule has 1 N–H and O–H groups in total. The summed E-state index contributed by atoms with van der Waals surface area (Å²) in [5, 5.41) is 9.55. The van der Waals surface area contributed by atoms with Crippen LogP contribution in [0.5, 0.6) is 5.75 Å². The topological polar surface area (TPSA) is 82.6 Å². The number of hydrogen-bond acceptors (Lipinski definition) is 6. The third kappa shape index (κ3) is 7.45. The number of anilines is 1. The zero-order valence-corrected chi connectivity index (χ0v) is 30.1. The predicted molar refractivity (Wildman–Crippen MR) is 186 cm³/mol. The van der Waals surface area contributed by atoms with Gasteiger partial charge in [0.2, 0.25) is 5.67 Å². The van der Waals surface area contributed by atoms with Gasteiger partial charge < -0.3 is 24.4 Å². The normalized spacial score (nSPS) is 30.9.